The van der Waals surface area contributed by atoms with E-state index >= 15 is 0 Å². The largest absolute Gasteiger partial charge is 0.376 e. The van der Waals surface area contributed by atoms with E-state index in [-0.39, 0.29) is 22.7 Å². The van der Waals surface area contributed by atoms with Gasteiger partial charge in [0.1, 0.15) is 11.9 Å². The van der Waals surface area contributed by atoms with Crippen LogP contribution in [0.15, 0.2) is 18.5 Å². The minimum Gasteiger partial charge on any atom is -0.376 e. The maximum Gasteiger partial charge on any atom is 0.290 e. The van der Waals surface area contributed by atoms with Crippen molar-refractivity contribution >= 4 is 17.5 Å². The Kier molecular flexibility index (Phi) is 4.39. The van der Waals surface area contributed by atoms with E-state index in [9.17, 15) is 14.9 Å². The lowest BCUT2D eigenvalue weighted by Crippen LogP contribution is -2.42. The number of anilines is 1. The summed E-state index contributed by atoms with van der Waals surface area (Å²) in [5.41, 5.74) is 2.08. The molecule has 10 heteroatoms. The molecule has 1 N–H and O–H groups in total. The van der Waals surface area contributed by atoms with Gasteiger partial charge in [-0.1, -0.05) is 0 Å². The molecule has 5 rings (SSSR count). The molecule has 1 saturated heterocycles. The lowest BCUT2D eigenvalue weighted by molar-refractivity contribution is -0.385. The maximum atomic E-state index is 13.0. The average molecular weight is 410 g/mol. The molecule has 1 amide bonds. The molecule has 30 heavy (non-hydrogen) atoms. The highest BCUT2D eigenvalue weighted by molar-refractivity contribution is 5.93. The molecule has 0 radical (unpaired) electrons. The molecule has 1 atom stereocenters. The molecule has 0 aromatic carbocycles. The number of carbonyl (C=O) groups is 1. The fraction of sp³-hybridized carbons (Fsp3) is 0.500. The molecule has 4 heterocycles. The van der Waals surface area contributed by atoms with Crippen LogP contribution in [0.3, 0.4) is 0 Å². The van der Waals surface area contributed by atoms with Crippen LogP contribution in [0.2, 0.25) is 0 Å². The van der Waals surface area contributed by atoms with Gasteiger partial charge in [0.15, 0.2) is 0 Å². The van der Waals surface area contributed by atoms with Crippen molar-refractivity contribution in [3.8, 4) is 0 Å². The van der Waals surface area contributed by atoms with Crippen LogP contribution in [0.25, 0.3) is 0 Å². The molecular weight excluding hydrogens is 388 g/mol. The summed E-state index contributed by atoms with van der Waals surface area (Å²) >= 11 is 0. The van der Waals surface area contributed by atoms with Crippen LogP contribution < -0.4 is 5.32 Å². The number of rotatable bonds is 4. The summed E-state index contributed by atoms with van der Waals surface area (Å²) in [6, 6.07) is 1.94. The lowest BCUT2D eigenvalue weighted by Gasteiger charge is -2.34. The number of carbonyl (C=O) groups excluding carboxylic acids is 1. The van der Waals surface area contributed by atoms with Gasteiger partial charge in [0.2, 0.25) is 5.95 Å². The topological polar surface area (TPSA) is 123 Å². The first-order chi connectivity index (χ1) is 14.4. The van der Waals surface area contributed by atoms with Crippen LogP contribution in [0.1, 0.15) is 46.6 Å². The van der Waals surface area contributed by atoms with Crippen LogP contribution in [-0.4, -0.2) is 56.4 Å². The minimum atomic E-state index is -0.495. The molecule has 2 aromatic rings. The SMILES string of the molecule is Cc1cc(C(=O)N2CC[C@@]3(COCc4cnc(NC5CC5)nc43)C2)ncc1[N+](=O)[O-]. The van der Waals surface area contributed by atoms with Crippen molar-refractivity contribution in [1.82, 2.24) is 19.9 Å². The number of nitro groups is 1. The van der Waals surface area contributed by atoms with Crippen molar-refractivity contribution < 1.29 is 14.5 Å². The molecule has 1 spiro atoms. The Morgan fingerprint density at radius 3 is 2.93 bits per heavy atom. The fourth-order valence-electron chi connectivity index (χ4n) is 4.25. The van der Waals surface area contributed by atoms with E-state index < -0.39 is 4.92 Å². The van der Waals surface area contributed by atoms with Gasteiger partial charge in [-0.2, -0.15) is 0 Å². The summed E-state index contributed by atoms with van der Waals surface area (Å²) in [5, 5.41) is 14.4. The van der Waals surface area contributed by atoms with Gasteiger partial charge in [0.25, 0.3) is 11.6 Å². The summed E-state index contributed by atoms with van der Waals surface area (Å²) in [7, 11) is 0. The highest BCUT2D eigenvalue weighted by Crippen LogP contribution is 2.40. The van der Waals surface area contributed by atoms with Gasteiger partial charge in [-0.25, -0.2) is 15.0 Å². The second-order valence-corrected chi connectivity index (χ2v) is 8.35. The second-order valence-electron chi connectivity index (χ2n) is 8.35. The standard InChI is InChI=1S/C20H22N6O4/c1-12-6-15(21-8-16(12)26(28)29)18(27)25-5-4-20(10-25)11-30-9-13-7-22-19(24-17(13)20)23-14-2-3-14/h6-8,14H,2-5,9-11H2,1H3,(H,22,23,24)/t20-/m0/s1. The number of hydrogen-bond donors (Lipinski definition) is 1. The number of aryl methyl sites for hydroxylation is 1. The quantitative estimate of drug-likeness (QED) is 0.599. The Bertz CT molecular complexity index is 1040. The van der Waals surface area contributed by atoms with Gasteiger partial charge in [-0.05, 0) is 32.3 Å². The first-order valence-corrected chi connectivity index (χ1v) is 10.1. The van der Waals surface area contributed by atoms with E-state index in [0.29, 0.717) is 43.9 Å². The van der Waals surface area contributed by atoms with Crippen molar-refractivity contribution in [3.63, 3.8) is 0 Å². The van der Waals surface area contributed by atoms with Crippen molar-refractivity contribution in [1.29, 1.82) is 0 Å². The minimum absolute atomic E-state index is 0.0913. The zero-order valence-corrected chi connectivity index (χ0v) is 16.6. The monoisotopic (exact) mass is 410 g/mol. The normalized spacial score (nSPS) is 22.8. The Balaban J connectivity index is 1.39. The molecule has 156 valence electrons. The number of aromatic nitrogens is 3. The molecule has 10 nitrogen and oxygen atoms in total. The van der Waals surface area contributed by atoms with Crippen LogP contribution in [0, 0.1) is 17.0 Å². The number of likely N-dealkylation sites (tertiary alicyclic amines) is 1. The first kappa shape index (κ1) is 18.9. The van der Waals surface area contributed by atoms with Gasteiger partial charge >= 0.3 is 0 Å². The van der Waals surface area contributed by atoms with E-state index in [4.69, 9.17) is 9.72 Å². The predicted octanol–water partition coefficient (Wildman–Crippen LogP) is 1.98. The Hall–Kier alpha value is -3.14. The highest BCUT2D eigenvalue weighted by Gasteiger charge is 2.46. The third-order valence-electron chi connectivity index (χ3n) is 6.05. The molecule has 0 bridgehead atoms. The third-order valence-corrected chi connectivity index (χ3v) is 6.05. The van der Waals surface area contributed by atoms with Crippen molar-refractivity contribution in [2.75, 3.05) is 25.0 Å². The zero-order valence-electron chi connectivity index (χ0n) is 16.6. The third kappa shape index (κ3) is 3.26. The Morgan fingerprint density at radius 1 is 1.37 bits per heavy atom. The number of pyridine rings is 1. The van der Waals surface area contributed by atoms with E-state index in [1.54, 1.807) is 11.8 Å². The Labute approximate surface area is 172 Å². The summed E-state index contributed by atoms with van der Waals surface area (Å²) in [6.45, 7) is 3.60. The molecule has 2 aromatic heterocycles. The van der Waals surface area contributed by atoms with Crippen molar-refractivity contribution in [3.05, 3.63) is 51.1 Å². The second kappa shape index (κ2) is 6.98. The van der Waals surface area contributed by atoms with Gasteiger partial charge < -0.3 is 15.0 Å². The van der Waals surface area contributed by atoms with Gasteiger partial charge in [0.05, 0.1) is 29.2 Å². The van der Waals surface area contributed by atoms with Gasteiger partial charge in [0, 0.05) is 36.5 Å². The van der Waals surface area contributed by atoms with Crippen molar-refractivity contribution in [2.45, 2.75) is 44.2 Å². The molecular formula is C20H22N6O4. The molecule has 1 saturated carbocycles. The fourth-order valence-corrected chi connectivity index (χ4v) is 4.25. The van der Waals surface area contributed by atoms with E-state index in [1.807, 2.05) is 6.20 Å². The number of nitrogens with one attached hydrogen (secondary N) is 1. The molecule has 1 aliphatic carbocycles. The zero-order chi connectivity index (χ0) is 20.9. The van der Waals surface area contributed by atoms with E-state index in [2.05, 4.69) is 15.3 Å². The van der Waals surface area contributed by atoms with E-state index in [0.717, 1.165) is 36.7 Å². The first-order valence-electron chi connectivity index (χ1n) is 10.1. The van der Waals surface area contributed by atoms with Crippen LogP contribution in [0.4, 0.5) is 11.6 Å². The molecule has 3 aliphatic rings. The molecule has 2 aliphatic heterocycles. The van der Waals surface area contributed by atoms with Gasteiger partial charge in [-0.3, -0.25) is 14.9 Å². The predicted molar refractivity (Wildman–Crippen MR) is 106 cm³/mol. The van der Waals surface area contributed by atoms with Crippen LogP contribution in [-0.2, 0) is 16.8 Å². The lowest BCUT2D eigenvalue weighted by atomic mass is 9.80. The van der Waals surface area contributed by atoms with Crippen LogP contribution >= 0.6 is 0 Å². The van der Waals surface area contributed by atoms with Gasteiger partial charge in [-0.15, -0.1) is 0 Å². The molecule has 0 unspecified atom stereocenters. The summed E-state index contributed by atoms with van der Waals surface area (Å²) < 4.78 is 5.83. The summed E-state index contributed by atoms with van der Waals surface area (Å²) in [4.78, 5) is 38.6. The number of ether oxygens (including phenoxy) is 1. The highest BCUT2D eigenvalue weighted by atomic mass is 16.6. The maximum absolute atomic E-state index is 13.0. The van der Waals surface area contributed by atoms with E-state index in [1.165, 1.54) is 6.07 Å². The number of fused-ring (bicyclic) bond motifs is 2. The molecule has 2 fully saturated rings. The number of nitrogens with zero attached hydrogens (tertiary/aromatic N) is 5. The average Bonchev–Trinajstić information content (AvgIpc) is 3.45. The smallest absolute Gasteiger partial charge is 0.290 e. The van der Waals surface area contributed by atoms with Crippen LogP contribution in [0.5, 0.6) is 0 Å². The number of hydrogen-bond acceptors (Lipinski definition) is 8. The van der Waals surface area contributed by atoms with Crippen molar-refractivity contribution in [2.24, 2.45) is 0 Å². The summed E-state index contributed by atoms with van der Waals surface area (Å²) in [5.74, 6) is 0.400. The Morgan fingerprint density at radius 2 is 2.20 bits per heavy atom. The number of amides is 1. The summed E-state index contributed by atoms with van der Waals surface area (Å²) in [6.07, 6.45) is 5.98.